The Balaban J connectivity index is 1.44. The number of carbonyl (C=O) groups excluding carboxylic acids is 3. The topological polar surface area (TPSA) is 99.8 Å². The number of fused-ring (bicyclic) bond motifs is 1. The van der Waals surface area contributed by atoms with Gasteiger partial charge in [0.15, 0.2) is 0 Å². The van der Waals surface area contributed by atoms with Gasteiger partial charge in [-0.15, -0.1) is 0 Å². The largest absolute Gasteiger partial charge is 0.489 e. The lowest BCUT2D eigenvalue weighted by molar-refractivity contribution is -0.135. The van der Waals surface area contributed by atoms with E-state index in [2.05, 4.69) is 16.0 Å². The zero-order chi connectivity index (χ0) is 25.4. The fourth-order valence-corrected chi connectivity index (χ4v) is 4.71. The second-order valence-corrected chi connectivity index (χ2v) is 9.15. The molecule has 0 bridgehead atoms. The number of nitrogens with zero attached hydrogens (tertiary/aromatic N) is 1. The lowest BCUT2D eigenvalue weighted by Gasteiger charge is -2.41. The molecule has 1 spiro atoms. The van der Waals surface area contributed by atoms with E-state index in [1.54, 1.807) is 24.3 Å². The van der Waals surface area contributed by atoms with Gasteiger partial charge in [0.25, 0.3) is 5.91 Å². The first-order valence-corrected chi connectivity index (χ1v) is 12.2. The first kappa shape index (κ1) is 25.4. The van der Waals surface area contributed by atoms with Gasteiger partial charge >= 0.3 is 0 Å². The maximum atomic E-state index is 13.4. The summed E-state index contributed by atoms with van der Waals surface area (Å²) in [6, 6.07) is 12.8. The van der Waals surface area contributed by atoms with Crippen LogP contribution in [0.2, 0.25) is 0 Å². The molecular formula is C27H31FN4O4. The molecule has 1 fully saturated rings. The van der Waals surface area contributed by atoms with E-state index >= 15 is 0 Å². The Hall–Kier alpha value is -3.72. The molecule has 2 aromatic rings. The smallest absolute Gasteiger partial charge is 0.255 e. The Kier molecular flexibility index (Phi) is 8.32. The number of carbonyl (C=O) groups is 3. The van der Waals surface area contributed by atoms with E-state index < -0.39 is 11.2 Å². The molecular weight excluding hydrogens is 463 g/mol. The summed E-state index contributed by atoms with van der Waals surface area (Å²) in [4.78, 5) is 40.5. The standard InChI is InChI=1S/C27H31FN4O4/c28-20-7-5-8-21(17-20)31-24(33)18-32-15-6-12-27(19-32)11-3-4-16-36-23-10-2-1-9-22(23)25(34)29-13-14-30-26(27)35/h1-5,7-10,17H,6,11-16,18-19H2,(H,29,34)(H,30,35)(H,31,33). The van der Waals surface area contributed by atoms with Gasteiger partial charge in [0.05, 0.1) is 17.5 Å². The second kappa shape index (κ2) is 11.8. The van der Waals surface area contributed by atoms with Crippen molar-refractivity contribution in [2.75, 3.05) is 44.6 Å². The summed E-state index contributed by atoms with van der Waals surface area (Å²) in [5.74, 6) is -0.539. The molecule has 3 N–H and O–H groups in total. The molecule has 1 unspecified atom stereocenters. The average Bonchev–Trinajstić information content (AvgIpc) is 2.86. The number of hydrogen-bond donors (Lipinski definition) is 3. The minimum atomic E-state index is -0.708. The van der Waals surface area contributed by atoms with Crippen molar-refractivity contribution in [2.45, 2.75) is 19.3 Å². The summed E-state index contributed by atoms with van der Waals surface area (Å²) in [7, 11) is 0. The van der Waals surface area contributed by atoms with Crippen LogP contribution >= 0.6 is 0 Å². The quantitative estimate of drug-likeness (QED) is 0.570. The molecule has 2 aliphatic heterocycles. The number of likely N-dealkylation sites (tertiary alicyclic amines) is 1. The van der Waals surface area contributed by atoms with E-state index in [9.17, 15) is 18.8 Å². The zero-order valence-electron chi connectivity index (χ0n) is 20.1. The van der Waals surface area contributed by atoms with Gasteiger partial charge in [-0.3, -0.25) is 19.3 Å². The molecule has 8 nitrogen and oxygen atoms in total. The number of halogens is 1. The van der Waals surface area contributed by atoms with Crippen LogP contribution in [0.3, 0.4) is 0 Å². The van der Waals surface area contributed by atoms with Gasteiger partial charge in [0.2, 0.25) is 11.8 Å². The van der Waals surface area contributed by atoms with Crippen LogP contribution in [-0.2, 0) is 9.59 Å². The summed E-state index contributed by atoms with van der Waals surface area (Å²) in [5, 5.41) is 8.52. The monoisotopic (exact) mass is 494 g/mol. The van der Waals surface area contributed by atoms with Crippen LogP contribution in [0.15, 0.2) is 60.7 Å². The van der Waals surface area contributed by atoms with Gasteiger partial charge in [0, 0.05) is 25.3 Å². The van der Waals surface area contributed by atoms with E-state index in [0.717, 1.165) is 6.42 Å². The van der Waals surface area contributed by atoms with Crippen molar-refractivity contribution < 1.29 is 23.5 Å². The van der Waals surface area contributed by atoms with Crippen LogP contribution in [0.4, 0.5) is 10.1 Å². The maximum absolute atomic E-state index is 13.4. The van der Waals surface area contributed by atoms with E-state index in [0.29, 0.717) is 49.5 Å². The van der Waals surface area contributed by atoms with Gasteiger partial charge in [-0.25, -0.2) is 4.39 Å². The highest BCUT2D eigenvalue weighted by Gasteiger charge is 2.41. The van der Waals surface area contributed by atoms with E-state index in [1.165, 1.54) is 18.2 Å². The van der Waals surface area contributed by atoms with Crippen LogP contribution in [0.5, 0.6) is 5.75 Å². The van der Waals surface area contributed by atoms with Gasteiger partial charge in [-0.05, 0) is 56.1 Å². The maximum Gasteiger partial charge on any atom is 0.255 e. The number of anilines is 1. The Morgan fingerprint density at radius 2 is 1.92 bits per heavy atom. The van der Waals surface area contributed by atoms with E-state index in [4.69, 9.17) is 4.74 Å². The van der Waals surface area contributed by atoms with Gasteiger partial charge in [-0.2, -0.15) is 0 Å². The number of amides is 3. The van der Waals surface area contributed by atoms with Crippen molar-refractivity contribution in [3.63, 3.8) is 0 Å². The Morgan fingerprint density at radius 1 is 1.08 bits per heavy atom. The molecule has 2 heterocycles. The van der Waals surface area contributed by atoms with Crippen LogP contribution in [0.1, 0.15) is 29.6 Å². The Bertz CT molecular complexity index is 1140. The molecule has 36 heavy (non-hydrogen) atoms. The summed E-state index contributed by atoms with van der Waals surface area (Å²) >= 11 is 0. The summed E-state index contributed by atoms with van der Waals surface area (Å²) < 4.78 is 19.2. The van der Waals surface area contributed by atoms with Gasteiger partial charge in [-0.1, -0.05) is 30.4 Å². The highest BCUT2D eigenvalue weighted by Crippen LogP contribution is 2.34. The number of allylic oxidation sites excluding steroid dienone is 1. The van der Waals surface area contributed by atoms with Crippen molar-refractivity contribution in [3.05, 3.63) is 72.1 Å². The van der Waals surface area contributed by atoms with Crippen molar-refractivity contribution in [1.82, 2.24) is 15.5 Å². The third kappa shape index (κ3) is 6.48. The third-order valence-corrected chi connectivity index (χ3v) is 6.45. The van der Waals surface area contributed by atoms with Gasteiger partial charge in [0.1, 0.15) is 18.2 Å². The molecule has 0 radical (unpaired) electrons. The number of benzene rings is 2. The Morgan fingerprint density at radius 3 is 2.78 bits per heavy atom. The highest BCUT2D eigenvalue weighted by molar-refractivity contribution is 5.97. The number of para-hydroxylation sites is 1. The van der Waals surface area contributed by atoms with E-state index in [1.807, 2.05) is 23.1 Å². The lowest BCUT2D eigenvalue weighted by atomic mass is 9.76. The predicted octanol–water partition coefficient (Wildman–Crippen LogP) is 2.73. The molecule has 1 atom stereocenters. The summed E-state index contributed by atoms with van der Waals surface area (Å²) in [6.45, 7) is 2.04. The first-order valence-electron chi connectivity index (χ1n) is 12.2. The van der Waals surface area contributed by atoms with Crippen LogP contribution in [0, 0.1) is 11.2 Å². The normalized spacial score (nSPS) is 21.5. The summed E-state index contributed by atoms with van der Waals surface area (Å²) in [5.41, 5.74) is 0.138. The molecule has 0 aliphatic carbocycles. The van der Waals surface area contributed by atoms with Crippen molar-refractivity contribution in [3.8, 4) is 5.75 Å². The van der Waals surface area contributed by atoms with Crippen molar-refractivity contribution >= 4 is 23.4 Å². The average molecular weight is 495 g/mol. The predicted molar refractivity (Wildman–Crippen MR) is 134 cm³/mol. The van der Waals surface area contributed by atoms with Crippen molar-refractivity contribution in [2.24, 2.45) is 5.41 Å². The van der Waals surface area contributed by atoms with Gasteiger partial charge < -0.3 is 20.7 Å². The number of piperidine rings is 1. The molecule has 3 amide bonds. The molecule has 190 valence electrons. The Labute approximate surface area is 209 Å². The SMILES string of the molecule is O=C(CN1CCCC2(CC=CCOc3ccccc3C(=O)NCCNC2=O)C1)Nc1cccc(F)c1. The zero-order valence-corrected chi connectivity index (χ0v) is 20.1. The van der Waals surface area contributed by atoms with Crippen molar-refractivity contribution in [1.29, 1.82) is 0 Å². The molecule has 1 saturated heterocycles. The number of rotatable bonds is 3. The highest BCUT2D eigenvalue weighted by atomic mass is 19.1. The molecule has 2 aliphatic rings. The number of ether oxygens (including phenoxy) is 1. The third-order valence-electron chi connectivity index (χ3n) is 6.45. The van der Waals surface area contributed by atoms with Crippen LogP contribution in [0.25, 0.3) is 0 Å². The first-order chi connectivity index (χ1) is 17.4. The number of nitrogens with one attached hydrogen (secondary N) is 3. The van der Waals surface area contributed by atoms with Crippen LogP contribution in [-0.4, -0.2) is 62.0 Å². The number of hydrogen-bond acceptors (Lipinski definition) is 5. The molecule has 2 aromatic carbocycles. The minimum absolute atomic E-state index is 0.102. The van der Waals surface area contributed by atoms with Crippen LogP contribution < -0.4 is 20.7 Å². The second-order valence-electron chi connectivity index (χ2n) is 9.15. The fraction of sp³-hybridized carbons (Fsp3) is 0.370. The molecule has 4 rings (SSSR count). The minimum Gasteiger partial charge on any atom is -0.489 e. The lowest BCUT2D eigenvalue weighted by Crippen LogP contribution is -2.53. The van der Waals surface area contributed by atoms with E-state index in [-0.39, 0.29) is 37.4 Å². The fourth-order valence-electron chi connectivity index (χ4n) is 4.71. The molecule has 0 saturated carbocycles. The summed E-state index contributed by atoms with van der Waals surface area (Å²) in [6.07, 6.45) is 5.73. The molecule has 0 aromatic heterocycles. The molecule has 9 heteroatoms.